The van der Waals surface area contributed by atoms with Crippen molar-refractivity contribution < 1.29 is 8.42 Å². The molecular formula is C8H12N2O2S. The topological polar surface area (TPSA) is 73.0 Å². The van der Waals surface area contributed by atoms with Crippen molar-refractivity contribution in [2.24, 2.45) is 5.73 Å². The van der Waals surface area contributed by atoms with E-state index in [1.807, 2.05) is 0 Å². The first-order chi connectivity index (χ1) is 5.99. The smallest absolute Gasteiger partial charge is 0.149 e. The van der Waals surface area contributed by atoms with Crippen LogP contribution in [0.2, 0.25) is 0 Å². The molecule has 1 heterocycles. The first-order valence-corrected chi connectivity index (χ1v) is 5.88. The second-order valence-electron chi connectivity index (χ2n) is 2.99. The van der Waals surface area contributed by atoms with E-state index in [9.17, 15) is 8.42 Å². The molecule has 2 N–H and O–H groups in total. The molecule has 0 aromatic carbocycles. The summed E-state index contributed by atoms with van der Waals surface area (Å²) >= 11 is 0. The summed E-state index contributed by atoms with van der Waals surface area (Å²) in [6, 6.07) is 3.02. The summed E-state index contributed by atoms with van der Waals surface area (Å²) in [4.78, 5) is 3.86. The Morgan fingerprint density at radius 1 is 1.62 bits per heavy atom. The third kappa shape index (κ3) is 3.52. The first-order valence-electron chi connectivity index (χ1n) is 3.82. The van der Waals surface area contributed by atoms with Gasteiger partial charge < -0.3 is 5.73 Å². The lowest BCUT2D eigenvalue weighted by Gasteiger charge is -2.09. The number of nitrogens with zero attached hydrogens (tertiary/aromatic N) is 1. The summed E-state index contributed by atoms with van der Waals surface area (Å²) in [5.41, 5.74) is 6.41. The van der Waals surface area contributed by atoms with Crippen molar-refractivity contribution in [3.63, 3.8) is 0 Å². The molecule has 4 nitrogen and oxygen atoms in total. The summed E-state index contributed by atoms with van der Waals surface area (Å²) in [5.74, 6) is -0.0430. The molecule has 1 atom stereocenters. The monoisotopic (exact) mass is 200 g/mol. The van der Waals surface area contributed by atoms with Crippen LogP contribution in [0, 0.1) is 0 Å². The van der Waals surface area contributed by atoms with Crippen LogP contribution in [0.25, 0.3) is 0 Å². The van der Waals surface area contributed by atoms with Crippen LogP contribution in [0.1, 0.15) is 11.6 Å². The maximum atomic E-state index is 10.9. The molecule has 1 aromatic rings. The van der Waals surface area contributed by atoms with E-state index in [2.05, 4.69) is 4.98 Å². The van der Waals surface area contributed by atoms with Gasteiger partial charge in [0.15, 0.2) is 0 Å². The molecule has 13 heavy (non-hydrogen) atoms. The zero-order valence-electron chi connectivity index (χ0n) is 7.34. The molecule has 0 aliphatic rings. The predicted octanol–water partition coefficient (Wildman–Crippen LogP) is 0.126. The van der Waals surface area contributed by atoms with Gasteiger partial charge in [-0.1, -0.05) is 6.07 Å². The SMILES string of the molecule is CS(=O)(=O)C[C@H](N)c1cccnc1. The van der Waals surface area contributed by atoms with Crippen LogP contribution >= 0.6 is 0 Å². The van der Waals surface area contributed by atoms with E-state index in [1.165, 1.54) is 6.26 Å². The van der Waals surface area contributed by atoms with Gasteiger partial charge in [-0.15, -0.1) is 0 Å². The van der Waals surface area contributed by atoms with Crippen molar-refractivity contribution in [1.29, 1.82) is 0 Å². The molecule has 0 spiro atoms. The van der Waals surface area contributed by atoms with Gasteiger partial charge in [-0.05, 0) is 11.6 Å². The van der Waals surface area contributed by atoms with Gasteiger partial charge in [0.2, 0.25) is 0 Å². The molecule has 1 aromatic heterocycles. The molecule has 0 unspecified atom stereocenters. The Morgan fingerprint density at radius 2 is 2.31 bits per heavy atom. The lowest BCUT2D eigenvalue weighted by Crippen LogP contribution is -2.20. The van der Waals surface area contributed by atoms with Crippen LogP contribution in [-0.2, 0) is 9.84 Å². The van der Waals surface area contributed by atoms with E-state index >= 15 is 0 Å². The molecule has 5 heteroatoms. The van der Waals surface area contributed by atoms with E-state index in [0.29, 0.717) is 0 Å². The number of hydrogen-bond donors (Lipinski definition) is 1. The van der Waals surface area contributed by atoms with Gasteiger partial charge in [0.1, 0.15) is 9.84 Å². The minimum Gasteiger partial charge on any atom is -0.323 e. The van der Waals surface area contributed by atoms with E-state index in [1.54, 1.807) is 24.5 Å². The predicted molar refractivity (Wildman–Crippen MR) is 50.9 cm³/mol. The van der Waals surface area contributed by atoms with Gasteiger partial charge >= 0.3 is 0 Å². The molecule has 0 saturated heterocycles. The Kier molecular flexibility index (Phi) is 3.00. The van der Waals surface area contributed by atoms with Crippen LogP contribution in [0.3, 0.4) is 0 Å². The average Bonchev–Trinajstić information content (AvgIpc) is 2.03. The van der Waals surface area contributed by atoms with Crippen LogP contribution in [0.5, 0.6) is 0 Å². The largest absolute Gasteiger partial charge is 0.323 e. The van der Waals surface area contributed by atoms with E-state index in [0.717, 1.165) is 5.56 Å². The molecule has 72 valence electrons. The van der Waals surface area contributed by atoms with Crippen molar-refractivity contribution >= 4 is 9.84 Å². The second kappa shape index (κ2) is 3.85. The maximum absolute atomic E-state index is 10.9. The fourth-order valence-corrected chi connectivity index (χ4v) is 1.86. The highest BCUT2D eigenvalue weighted by atomic mass is 32.2. The quantitative estimate of drug-likeness (QED) is 0.752. The highest BCUT2D eigenvalue weighted by Gasteiger charge is 2.12. The van der Waals surface area contributed by atoms with Crippen molar-refractivity contribution in [3.05, 3.63) is 30.1 Å². The fourth-order valence-electron chi connectivity index (χ4n) is 1.02. The average molecular weight is 200 g/mol. The standard InChI is InChI=1S/C8H12N2O2S/c1-13(11,12)6-8(9)7-3-2-4-10-5-7/h2-5,8H,6,9H2,1H3/t8-/m0/s1. The lowest BCUT2D eigenvalue weighted by molar-refractivity contribution is 0.594. The number of hydrogen-bond acceptors (Lipinski definition) is 4. The molecule has 0 saturated carbocycles. The molecular weight excluding hydrogens is 188 g/mol. The van der Waals surface area contributed by atoms with Crippen molar-refractivity contribution in [1.82, 2.24) is 4.98 Å². The molecule has 1 rings (SSSR count). The Bertz CT molecular complexity index is 361. The summed E-state index contributed by atoms with van der Waals surface area (Å²) in [6.45, 7) is 0. The minimum absolute atomic E-state index is 0.0430. The summed E-state index contributed by atoms with van der Waals surface area (Å²) in [6.07, 6.45) is 4.37. The summed E-state index contributed by atoms with van der Waals surface area (Å²) < 4.78 is 21.8. The zero-order valence-corrected chi connectivity index (χ0v) is 8.16. The number of sulfone groups is 1. The van der Waals surface area contributed by atoms with Crippen molar-refractivity contribution in [2.75, 3.05) is 12.0 Å². The van der Waals surface area contributed by atoms with Gasteiger partial charge in [-0.25, -0.2) is 8.42 Å². The number of nitrogens with two attached hydrogens (primary N) is 1. The van der Waals surface area contributed by atoms with E-state index in [-0.39, 0.29) is 5.75 Å². The number of pyridine rings is 1. The van der Waals surface area contributed by atoms with Gasteiger partial charge in [0.25, 0.3) is 0 Å². The van der Waals surface area contributed by atoms with Crippen LogP contribution in [0.4, 0.5) is 0 Å². The summed E-state index contributed by atoms with van der Waals surface area (Å²) in [7, 11) is -3.02. The zero-order chi connectivity index (χ0) is 9.90. The highest BCUT2D eigenvalue weighted by molar-refractivity contribution is 7.90. The normalized spacial score (nSPS) is 14.0. The van der Waals surface area contributed by atoms with Crippen LogP contribution < -0.4 is 5.73 Å². The maximum Gasteiger partial charge on any atom is 0.149 e. The third-order valence-electron chi connectivity index (χ3n) is 1.59. The highest BCUT2D eigenvalue weighted by Crippen LogP contribution is 2.09. The van der Waals surface area contributed by atoms with Gasteiger partial charge in [-0.2, -0.15) is 0 Å². The Morgan fingerprint density at radius 3 is 2.77 bits per heavy atom. The molecule has 0 fully saturated rings. The van der Waals surface area contributed by atoms with E-state index < -0.39 is 15.9 Å². The van der Waals surface area contributed by atoms with Gasteiger partial charge in [-0.3, -0.25) is 4.98 Å². The van der Waals surface area contributed by atoms with Crippen LogP contribution in [-0.4, -0.2) is 25.4 Å². The molecule has 0 radical (unpaired) electrons. The molecule has 0 amide bonds. The first kappa shape index (κ1) is 10.1. The van der Waals surface area contributed by atoms with Crippen LogP contribution in [0.15, 0.2) is 24.5 Å². The fraction of sp³-hybridized carbons (Fsp3) is 0.375. The lowest BCUT2D eigenvalue weighted by atomic mass is 10.2. The third-order valence-corrected chi connectivity index (χ3v) is 2.56. The van der Waals surface area contributed by atoms with Crippen molar-refractivity contribution in [3.8, 4) is 0 Å². The Labute approximate surface area is 77.7 Å². The molecule has 0 bridgehead atoms. The Hall–Kier alpha value is -0.940. The van der Waals surface area contributed by atoms with Crippen molar-refractivity contribution in [2.45, 2.75) is 6.04 Å². The second-order valence-corrected chi connectivity index (χ2v) is 5.17. The molecule has 0 aliphatic heterocycles. The number of aromatic nitrogens is 1. The van der Waals surface area contributed by atoms with E-state index in [4.69, 9.17) is 5.73 Å². The number of rotatable bonds is 3. The minimum atomic E-state index is -3.02. The Balaban J connectivity index is 2.76. The van der Waals surface area contributed by atoms with Gasteiger partial charge in [0.05, 0.1) is 5.75 Å². The van der Waals surface area contributed by atoms with Gasteiger partial charge in [0, 0.05) is 24.7 Å². The summed E-state index contributed by atoms with van der Waals surface area (Å²) in [5, 5.41) is 0. The molecule has 0 aliphatic carbocycles.